The SMILES string of the molecule is COC(=O)/C=C/c1cnc(N[C@H](C)C(=O)NCCc2ccccc2)cn1. The third kappa shape index (κ3) is 6.35. The van der Waals surface area contributed by atoms with Gasteiger partial charge in [0.25, 0.3) is 0 Å². The number of benzene rings is 1. The number of rotatable bonds is 8. The molecule has 0 unspecified atom stereocenters. The molecule has 0 radical (unpaired) electrons. The second-order valence-corrected chi connectivity index (χ2v) is 5.58. The summed E-state index contributed by atoms with van der Waals surface area (Å²) in [4.78, 5) is 31.5. The summed E-state index contributed by atoms with van der Waals surface area (Å²) in [6.07, 6.45) is 6.55. The first kappa shape index (κ1) is 19.1. The van der Waals surface area contributed by atoms with E-state index in [0.717, 1.165) is 6.42 Å². The summed E-state index contributed by atoms with van der Waals surface area (Å²) in [5.74, 6) is -0.0990. The van der Waals surface area contributed by atoms with Crippen molar-refractivity contribution in [2.24, 2.45) is 0 Å². The second kappa shape index (κ2) is 9.93. The van der Waals surface area contributed by atoms with E-state index >= 15 is 0 Å². The summed E-state index contributed by atoms with van der Waals surface area (Å²) in [7, 11) is 1.30. The third-order valence-electron chi connectivity index (χ3n) is 3.58. The topological polar surface area (TPSA) is 93.2 Å². The van der Waals surface area contributed by atoms with Crippen LogP contribution in [0.4, 0.5) is 5.82 Å². The fourth-order valence-corrected chi connectivity index (χ4v) is 2.14. The van der Waals surface area contributed by atoms with Crippen LogP contribution in [0, 0.1) is 0 Å². The summed E-state index contributed by atoms with van der Waals surface area (Å²) in [6.45, 7) is 2.32. The summed E-state index contributed by atoms with van der Waals surface area (Å²) in [5, 5.41) is 5.88. The Bertz CT molecular complexity index is 745. The molecule has 0 bridgehead atoms. The number of hydrogen-bond donors (Lipinski definition) is 2. The smallest absolute Gasteiger partial charge is 0.330 e. The van der Waals surface area contributed by atoms with Crippen LogP contribution in [0.1, 0.15) is 18.2 Å². The molecule has 2 N–H and O–H groups in total. The number of aromatic nitrogens is 2. The lowest BCUT2D eigenvalue weighted by molar-refractivity contribution is -0.134. The maximum atomic E-state index is 12.1. The molecule has 1 aromatic carbocycles. The zero-order valence-electron chi connectivity index (χ0n) is 14.8. The number of carbonyl (C=O) groups is 2. The highest BCUT2D eigenvalue weighted by atomic mass is 16.5. The quantitative estimate of drug-likeness (QED) is 0.555. The standard InChI is InChI=1S/C19H22N4O3/c1-14(19(25)20-11-10-15-6-4-3-5-7-15)23-17-13-21-16(12-22-17)8-9-18(24)26-2/h3-9,12-14H,10-11H2,1-2H3,(H,20,25)(H,22,23)/b9-8+/t14-/m1/s1. The first-order chi connectivity index (χ1) is 12.6. The van der Waals surface area contributed by atoms with E-state index in [0.29, 0.717) is 18.1 Å². The molecule has 0 fully saturated rings. The average Bonchev–Trinajstić information content (AvgIpc) is 2.67. The number of anilines is 1. The Morgan fingerprint density at radius 3 is 2.62 bits per heavy atom. The minimum absolute atomic E-state index is 0.114. The summed E-state index contributed by atoms with van der Waals surface area (Å²) in [5.41, 5.74) is 1.69. The van der Waals surface area contributed by atoms with Crippen molar-refractivity contribution in [1.82, 2.24) is 15.3 Å². The van der Waals surface area contributed by atoms with Gasteiger partial charge in [0.05, 0.1) is 25.2 Å². The summed E-state index contributed by atoms with van der Waals surface area (Å²) < 4.78 is 4.50. The van der Waals surface area contributed by atoms with E-state index in [1.54, 1.807) is 6.92 Å². The van der Waals surface area contributed by atoms with E-state index in [4.69, 9.17) is 0 Å². The number of nitrogens with one attached hydrogen (secondary N) is 2. The zero-order valence-corrected chi connectivity index (χ0v) is 14.8. The van der Waals surface area contributed by atoms with Gasteiger partial charge in [-0.1, -0.05) is 30.3 Å². The van der Waals surface area contributed by atoms with Gasteiger partial charge in [-0.25, -0.2) is 9.78 Å². The Hall–Kier alpha value is -3.22. The molecule has 0 aliphatic rings. The van der Waals surface area contributed by atoms with E-state index in [1.807, 2.05) is 30.3 Å². The third-order valence-corrected chi connectivity index (χ3v) is 3.58. The fraction of sp³-hybridized carbons (Fsp3) is 0.263. The number of amides is 1. The van der Waals surface area contributed by atoms with Crippen LogP contribution in [0.25, 0.3) is 6.08 Å². The first-order valence-electron chi connectivity index (χ1n) is 8.24. The van der Waals surface area contributed by atoms with Gasteiger partial charge in [0.2, 0.25) is 5.91 Å². The number of methoxy groups -OCH3 is 1. The predicted molar refractivity (Wildman–Crippen MR) is 99.3 cm³/mol. The largest absolute Gasteiger partial charge is 0.466 e. The van der Waals surface area contributed by atoms with E-state index in [-0.39, 0.29) is 5.91 Å². The van der Waals surface area contributed by atoms with Crippen molar-refractivity contribution in [1.29, 1.82) is 0 Å². The lowest BCUT2D eigenvalue weighted by atomic mass is 10.1. The van der Waals surface area contributed by atoms with Crippen LogP contribution in [-0.4, -0.2) is 41.5 Å². The Balaban J connectivity index is 1.79. The van der Waals surface area contributed by atoms with Crippen molar-refractivity contribution >= 4 is 23.8 Å². The van der Waals surface area contributed by atoms with Gasteiger partial charge in [-0.3, -0.25) is 9.78 Å². The molecule has 2 rings (SSSR count). The van der Waals surface area contributed by atoms with Crippen molar-refractivity contribution in [3.63, 3.8) is 0 Å². The number of carbonyl (C=O) groups excluding carboxylic acids is 2. The molecular weight excluding hydrogens is 332 g/mol. The molecular formula is C19H22N4O3. The average molecular weight is 354 g/mol. The van der Waals surface area contributed by atoms with Crippen LogP contribution in [0.3, 0.4) is 0 Å². The van der Waals surface area contributed by atoms with E-state index in [2.05, 4.69) is 25.3 Å². The molecule has 0 aliphatic carbocycles. The maximum absolute atomic E-state index is 12.1. The van der Waals surface area contributed by atoms with Crippen LogP contribution in [0.5, 0.6) is 0 Å². The van der Waals surface area contributed by atoms with E-state index in [9.17, 15) is 9.59 Å². The normalized spacial score (nSPS) is 11.8. The molecule has 26 heavy (non-hydrogen) atoms. The Kier molecular flexibility index (Phi) is 7.30. The molecule has 7 nitrogen and oxygen atoms in total. The second-order valence-electron chi connectivity index (χ2n) is 5.58. The molecule has 2 aromatic rings. The van der Waals surface area contributed by atoms with Gasteiger partial charge in [-0.2, -0.15) is 0 Å². The fourth-order valence-electron chi connectivity index (χ4n) is 2.14. The lowest BCUT2D eigenvalue weighted by Crippen LogP contribution is -2.38. The molecule has 1 amide bonds. The lowest BCUT2D eigenvalue weighted by Gasteiger charge is -2.14. The minimum atomic E-state index is -0.463. The molecule has 0 spiro atoms. The van der Waals surface area contributed by atoms with E-state index < -0.39 is 12.0 Å². The predicted octanol–water partition coefficient (Wildman–Crippen LogP) is 1.82. The maximum Gasteiger partial charge on any atom is 0.330 e. The highest BCUT2D eigenvalue weighted by Gasteiger charge is 2.12. The molecule has 136 valence electrons. The summed E-state index contributed by atoms with van der Waals surface area (Å²) in [6, 6.07) is 9.52. The number of esters is 1. The summed E-state index contributed by atoms with van der Waals surface area (Å²) >= 11 is 0. The zero-order chi connectivity index (χ0) is 18.8. The molecule has 1 heterocycles. The number of ether oxygens (including phenoxy) is 1. The van der Waals surface area contributed by atoms with Crippen molar-refractivity contribution in [2.75, 3.05) is 19.0 Å². The molecule has 0 saturated heterocycles. The highest BCUT2D eigenvalue weighted by molar-refractivity contribution is 5.86. The molecule has 1 aromatic heterocycles. The van der Waals surface area contributed by atoms with E-state index in [1.165, 1.54) is 37.2 Å². The first-order valence-corrected chi connectivity index (χ1v) is 8.24. The highest BCUT2D eigenvalue weighted by Crippen LogP contribution is 2.05. The Morgan fingerprint density at radius 2 is 1.96 bits per heavy atom. The minimum Gasteiger partial charge on any atom is -0.466 e. The van der Waals surface area contributed by atoms with Crippen molar-refractivity contribution < 1.29 is 14.3 Å². The van der Waals surface area contributed by atoms with Crippen molar-refractivity contribution in [2.45, 2.75) is 19.4 Å². The van der Waals surface area contributed by atoms with Crippen molar-refractivity contribution in [3.05, 3.63) is 60.1 Å². The molecule has 7 heteroatoms. The Morgan fingerprint density at radius 1 is 1.19 bits per heavy atom. The van der Waals surface area contributed by atoms with Crippen molar-refractivity contribution in [3.8, 4) is 0 Å². The van der Waals surface area contributed by atoms with Gasteiger partial charge in [-0.05, 0) is 25.0 Å². The van der Waals surface area contributed by atoms with Gasteiger partial charge >= 0.3 is 5.97 Å². The molecule has 0 saturated carbocycles. The van der Waals surface area contributed by atoms with Gasteiger partial charge in [-0.15, -0.1) is 0 Å². The Labute approximate surface area is 152 Å². The molecule has 1 atom stereocenters. The van der Waals surface area contributed by atoms with Gasteiger partial charge < -0.3 is 15.4 Å². The molecule has 0 aliphatic heterocycles. The van der Waals surface area contributed by atoms with Crippen LogP contribution in [0.2, 0.25) is 0 Å². The van der Waals surface area contributed by atoms with Crippen LogP contribution in [-0.2, 0) is 20.7 Å². The van der Waals surface area contributed by atoms with Gasteiger partial charge in [0.15, 0.2) is 0 Å². The number of hydrogen-bond acceptors (Lipinski definition) is 6. The van der Waals surface area contributed by atoms with Crippen LogP contribution < -0.4 is 10.6 Å². The van der Waals surface area contributed by atoms with Crippen LogP contribution >= 0.6 is 0 Å². The van der Waals surface area contributed by atoms with Crippen LogP contribution in [0.15, 0.2) is 48.8 Å². The number of nitrogens with zero attached hydrogens (tertiary/aromatic N) is 2. The van der Waals surface area contributed by atoms with Gasteiger partial charge in [0, 0.05) is 12.6 Å². The monoisotopic (exact) mass is 354 g/mol. The van der Waals surface area contributed by atoms with Gasteiger partial charge in [0.1, 0.15) is 11.9 Å².